The fourth-order valence-corrected chi connectivity index (χ4v) is 2.47. The van der Waals surface area contributed by atoms with Gasteiger partial charge in [0.2, 0.25) is 0 Å². The number of ether oxygens (including phenoxy) is 1. The predicted molar refractivity (Wildman–Crippen MR) is 66.1 cm³/mol. The highest BCUT2D eigenvalue weighted by molar-refractivity contribution is 7.80. The Morgan fingerprint density at radius 1 is 1.31 bits per heavy atom. The van der Waals surface area contributed by atoms with Gasteiger partial charge in [-0.15, -0.1) is 12.6 Å². The quantitative estimate of drug-likeness (QED) is 0.768. The van der Waals surface area contributed by atoms with Gasteiger partial charge in [-0.05, 0) is 31.0 Å². The third kappa shape index (κ3) is 1.72. The number of benzene rings is 1. The molecule has 1 aliphatic rings. The van der Waals surface area contributed by atoms with Gasteiger partial charge in [-0.1, -0.05) is 0 Å². The molecule has 2 aromatic rings. The van der Waals surface area contributed by atoms with Gasteiger partial charge < -0.3 is 9.30 Å². The number of hydrogen-bond donors (Lipinski definition) is 1. The van der Waals surface area contributed by atoms with Gasteiger partial charge in [0.05, 0.1) is 17.4 Å². The summed E-state index contributed by atoms with van der Waals surface area (Å²) in [5.74, 6) is 0. The van der Waals surface area contributed by atoms with Crippen molar-refractivity contribution in [3.63, 3.8) is 0 Å². The number of imidazole rings is 1. The first-order valence-corrected chi connectivity index (χ1v) is 6.02. The Morgan fingerprint density at radius 3 is 2.94 bits per heavy atom. The van der Waals surface area contributed by atoms with Gasteiger partial charge in [0.25, 0.3) is 0 Å². The minimum absolute atomic E-state index is 0.522. The summed E-state index contributed by atoms with van der Waals surface area (Å²) in [5, 5.41) is 0. The third-order valence-electron chi connectivity index (χ3n) is 3.14. The summed E-state index contributed by atoms with van der Waals surface area (Å²) < 4.78 is 7.65. The molecular formula is C12H14N2OS. The molecule has 1 aromatic carbocycles. The second-order valence-corrected chi connectivity index (χ2v) is 4.68. The molecule has 1 saturated heterocycles. The van der Waals surface area contributed by atoms with Crippen molar-refractivity contribution in [1.82, 2.24) is 9.55 Å². The Kier molecular flexibility index (Phi) is 2.61. The van der Waals surface area contributed by atoms with E-state index in [1.165, 1.54) is 5.52 Å². The maximum Gasteiger partial charge on any atom is 0.0960 e. The van der Waals surface area contributed by atoms with Crippen molar-refractivity contribution in [2.75, 3.05) is 13.2 Å². The van der Waals surface area contributed by atoms with Gasteiger partial charge in [-0.2, -0.15) is 0 Å². The molecule has 0 atom stereocenters. The highest BCUT2D eigenvalue weighted by Crippen LogP contribution is 2.26. The Morgan fingerprint density at radius 2 is 2.12 bits per heavy atom. The first-order chi connectivity index (χ1) is 7.84. The van der Waals surface area contributed by atoms with Gasteiger partial charge in [-0.25, -0.2) is 4.98 Å². The summed E-state index contributed by atoms with van der Waals surface area (Å²) >= 11 is 4.38. The number of hydrogen-bond acceptors (Lipinski definition) is 3. The van der Waals surface area contributed by atoms with Crippen LogP contribution < -0.4 is 0 Å². The van der Waals surface area contributed by atoms with E-state index in [2.05, 4.69) is 28.2 Å². The molecule has 3 nitrogen and oxygen atoms in total. The van der Waals surface area contributed by atoms with E-state index in [1.54, 1.807) is 0 Å². The molecular weight excluding hydrogens is 220 g/mol. The normalized spacial score (nSPS) is 18.1. The Labute approximate surface area is 99.8 Å². The topological polar surface area (TPSA) is 27.1 Å². The van der Waals surface area contributed by atoms with Crippen LogP contribution in [0.5, 0.6) is 0 Å². The molecule has 0 aliphatic carbocycles. The minimum Gasteiger partial charge on any atom is -0.381 e. The Hall–Kier alpha value is -1.00. The van der Waals surface area contributed by atoms with Crippen molar-refractivity contribution >= 4 is 23.7 Å². The van der Waals surface area contributed by atoms with Gasteiger partial charge in [0.15, 0.2) is 0 Å². The van der Waals surface area contributed by atoms with Gasteiger partial charge in [-0.3, -0.25) is 0 Å². The fraction of sp³-hybridized carbons (Fsp3) is 0.417. The van der Waals surface area contributed by atoms with E-state index < -0.39 is 0 Å². The first kappa shape index (κ1) is 10.2. The third-order valence-corrected chi connectivity index (χ3v) is 3.42. The van der Waals surface area contributed by atoms with Crippen LogP contribution in [0.4, 0.5) is 0 Å². The predicted octanol–water partition coefficient (Wildman–Crippen LogP) is 2.68. The van der Waals surface area contributed by atoms with Crippen molar-refractivity contribution in [2.45, 2.75) is 23.8 Å². The van der Waals surface area contributed by atoms with Crippen LogP contribution in [0.15, 0.2) is 29.4 Å². The molecule has 4 heteroatoms. The average molecular weight is 234 g/mol. The SMILES string of the molecule is Sc1ccc2ncn(C3CCOCC3)c2c1. The van der Waals surface area contributed by atoms with Crippen LogP contribution in [0.2, 0.25) is 0 Å². The smallest absolute Gasteiger partial charge is 0.0960 e. The highest BCUT2D eigenvalue weighted by atomic mass is 32.1. The molecule has 2 heterocycles. The molecule has 0 radical (unpaired) electrons. The molecule has 3 rings (SSSR count). The average Bonchev–Trinajstić information content (AvgIpc) is 2.73. The van der Waals surface area contributed by atoms with E-state index in [4.69, 9.17) is 4.74 Å². The number of fused-ring (bicyclic) bond motifs is 1. The number of rotatable bonds is 1. The van der Waals surface area contributed by atoms with Crippen molar-refractivity contribution in [1.29, 1.82) is 0 Å². The van der Waals surface area contributed by atoms with Crippen LogP contribution in [0.25, 0.3) is 11.0 Å². The zero-order chi connectivity index (χ0) is 11.0. The van der Waals surface area contributed by atoms with Crippen LogP contribution in [-0.4, -0.2) is 22.8 Å². The fourth-order valence-electron chi connectivity index (χ4n) is 2.27. The monoisotopic (exact) mass is 234 g/mol. The van der Waals surface area contributed by atoms with Crippen LogP contribution >= 0.6 is 12.6 Å². The van der Waals surface area contributed by atoms with Crippen molar-refractivity contribution < 1.29 is 4.74 Å². The summed E-state index contributed by atoms with van der Waals surface area (Å²) in [6.07, 6.45) is 4.08. The summed E-state index contributed by atoms with van der Waals surface area (Å²) in [6.45, 7) is 1.70. The van der Waals surface area contributed by atoms with E-state index in [0.29, 0.717) is 6.04 Å². The number of thiol groups is 1. The molecule has 0 bridgehead atoms. The summed E-state index contributed by atoms with van der Waals surface area (Å²) in [6, 6.07) is 6.61. The van der Waals surface area contributed by atoms with Crippen LogP contribution in [0, 0.1) is 0 Å². The molecule has 16 heavy (non-hydrogen) atoms. The molecule has 1 fully saturated rings. The largest absolute Gasteiger partial charge is 0.381 e. The van der Waals surface area contributed by atoms with Crippen molar-refractivity contribution in [2.24, 2.45) is 0 Å². The van der Waals surface area contributed by atoms with Crippen LogP contribution in [0.3, 0.4) is 0 Å². The molecule has 1 aromatic heterocycles. The maximum absolute atomic E-state index is 5.38. The number of aromatic nitrogens is 2. The molecule has 0 spiro atoms. The Bertz CT molecular complexity index is 503. The molecule has 84 valence electrons. The standard InChI is InChI=1S/C12H14N2OS/c16-10-1-2-11-12(7-10)14(8-13-11)9-3-5-15-6-4-9/h1-2,7-9,16H,3-6H2. The summed E-state index contributed by atoms with van der Waals surface area (Å²) in [4.78, 5) is 5.41. The lowest BCUT2D eigenvalue weighted by molar-refractivity contribution is 0.0706. The molecule has 0 amide bonds. The minimum atomic E-state index is 0.522. The lowest BCUT2D eigenvalue weighted by Crippen LogP contribution is -2.18. The van der Waals surface area contributed by atoms with Crippen molar-refractivity contribution in [3.05, 3.63) is 24.5 Å². The first-order valence-electron chi connectivity index (χ1n) is 5.58. The zero-order valence-corrected chi connectivity index (χ0v) is 9.86. The number of nitrogens with zero attached hydrogens (tertiary/aromatic N) is 2. The van der Waals surface area contributed by atoms with E-state index in [0.717, 1.165) is 36.5 Å². The van der Waals surface area contributed by atoms with Crippen molar-refractivity contribution in [3.8, 4) is 0 Å². The molecule has 0 unspecified atom stereocenters. The summed E-state index contributed by atoms with van der Waals surface area (Å²) in [7, 11) is 0. The lowest BCUT2D eigenvalue weighted by atomic mass is 10.1. The van der Waals surface area contributed by atoms with Crippen LogP contribution in [-0.2, 0) is 4.74 Å². The second kappa shape index (κ2) is 4.11. The second-order valence-electron chi connectivity index (χ2n) is 4.17. The zero-order valence-electron chi connectivity index (χ0n) is 8.97. The maximum atomic E-state index is 5.38. The van der Waals surface area contributed by atoms with Gasteiger partial charge in [0, 0.05) is 24.2 Å². The lowest BCUT2D eigenvalue weighted by Gasteiger charge is -2.23. The van der Waals surface area contributed by atoms with Gasteiger partial charge in [0.1, 0.15) is 0 Å². The molecule has 1 aliphatic heterocycles. The highest BCUT2D eigenvalue weighted by Gasteiger charge is 2.17. The van der Waals surface area contributed by atoms with Crippen LogP contribution in [0.1, 0.15) is 18.9 Å². The summed E-state index contributed by atoms with van der Waals surface area (Å²) in [5.41, 5.74) is 2.23. The van der Waals surface area contributed by atoms with Gasteiger partial charge >= 0.3 is 0 Å². The van der Waals surface area contributed by atoms with E-state index in [9.17, 15) is 0 Å². The van der Waals surface area contributed by atoms with E-state index in [-0.39, 0.29) is 0 Å². The molecule has 0 N–H and O–H groups in total. The van der Waals surface area contributed by atoms with E-state index in [1.807, 2.05) is 18.5 Å². The molecule has 0 saturated carbocycles. The Balaban J connectivity index is 2.05. The van der Waals surface area contributed by atoms with E-state index >= 15 is 0 Å².